The summed E-state index contributed by atoms with van der Waals surface area (Å²) >= 11 is 0. The molecular formula is C16H12N2O3. The number of carbonyl (C=O) groups is 1. The zero-order valence-electron chi connectivity index (χ0n) is 11.4. The largest absolute Gasteiger partial charge is 0.292 e. The molecule has 0 atom stereocenters. The van der Waals surface area contributed by atoms with Gasteiger partial charge >= 0.3 is 0 Å². The van der Waals surface area contributed by atoms with Crippen molar-refractivity contribution in [2.24, 2.45) is 4.99 Å². The van der Waals surface area contributed by atoms with Gasteiger partial charge in [-0.1, -0.05) is 36.4 Å². The van der Waals surface area contributed by atoms with E-state index in [0.717, 1.165) is 5.56 Å². The van der Waals surface area contributed by atoms with Crippen molar-refractivity contribution in [3.8, 4) is 0 Å². The number of Topliss-reactive ketones (excluding diaryl/α,β-unsaturated/α-hetero) is 1. The van der Waals surface area contributed by atoms with Gasteiger partial charge < -0.3 is 0 Å². The molecule has 2 aromatic carbocycles. The van der Waals surface area contributed by atoms with Crippen molar-refractivity contribution in [2.45, 2.75) is 6.92 Å². The van der Waals surface area contributed by atoms with Gasteiger partial charge in [0.1, 0.15) is 6.54 Å². The smallest absolute Gasteiger partial charge is 0.272 e. The quantitative estimate of drug-likeness (QED) is 0.627. The highest BCUT2D eigenvalue weighted by Crippen LogP contribution is 2.25. The first kappa shape index (κ1) is 13.2. The molecule has 0 amide bonds. The summed E-state index contributed by atoms with van der Waals surface area (Å²) in [6.07, 6.45) is 0. The highest BCUT2D eigenvalue weighted by Gasteiger charge is 2.22. The van der Waals surface area contributed by atoms with E-state index in [1.54, 1.807) is 31.2 Å². The van der Waals surface area contributed by atoms with Crippen molar-refractivity contribution in [2.75, 3.05) is 6.54 Å². The predicted molar refractivity (Wildman–Crippen MR) is 79.1 cm³/mol. The summed E-state index contributed by atoms with van der Waals surface area (Å²) in [6.45, 7) is 1.77. The summed E-state index contributed by atoms with van der Waals surface area (Å²) in [4.78, 5) is 26.8. The van der Waals surface area contributed by atoms with E-state index in [2.05, 4.69) is 4.99 Å². The molecule has 1 aliphatic rings. The first-order valence-electron chi connectivity index (χ1n) is 6.50. The Labute approximate surface area is 121 Å². The summed E-state index contributed by atoms with van der Waals surface area (Å²) in [7, 11) is 0. The Hall–Kier alpha value is -2.82. The van der Waals surface area contributed by atoms with Crippen molar-refractivity contribution in [3.63, 3.8) is 0 Å². The molecular weight excluding hydrogens is 268 g/mol. The number of hydrogen-bond acceptors (Lipinski definition) is 4. The van der Waals surface area contributed by atoms with Crippen LogP contribution in [0.15, 0.2) is 47.5 Å². The highest BCUT2D eigenvalue weighted by atomic mass is 16.6. The van der Waals surface area contributed by atoms with Crippen LogP contribution in [0.25, 0.3) is 0 Å². The van der Waals surface area contributed by atoms with Crippen LogP contribution in [0, 0.1) is 17.0 Å². The van der Waals surface area contributed by atoms with Gasteiger partial charge in [-0.2, -0.15) is 0 Å². The topological polar surface area (TPSA) is 72.6 Å². The molecule has 0 fully saturated rings. The summed E-state index contributed by atoms with van der Waals surface area (Å²) in [6, 6.07) is 12.2. The first-order chi connectivity index (χ1) is 10.1. The summed E-state index contributed by atoms with van der Waals surface area (Å²) < 4.78 is 0. The van der Waals surface area contributed by atoms with E-state index in [1.165, 1.54) is 6.07 Å². The lowest BCUT2D eigenvalue weighted by molar-refractivity contribution is -0.385. The van der Waals surface area contributed by atoms with Gasteiger partial charge in [0.2, 0.25) is 0 Å². The zero-order chi connectivity index (χ0) is 15.0. The molecule has 5 nitrogen and oxygen atoms in total. The average Bonchev–Trinajstić information content (AvgIpc) is 2.48. The molecule has 21 heavy (non-hydrogen) atoms. The van der Waals surface area contributed by atoms with Crippen LogP contribution in [0.5, 0.6) is 0 Å². The van der Waals surface area contributed by atoms with Gasteiger partial charge in [-0.25, -0.2) is 0 Å². The van der Waals surface area contributed by atoms with E-state index in [-0.39, 0.29) is 18.0 Å². The second-order valence-corrected chi connectivity index (χ2v) is 4.89. The van der Waals surface area contributed by atoms with Crippen LogP contribution in [0.1, 0.15) is 27.0 Å². The van der Waals surface area contributed by atoms with Crippen molar-refractivity contribution < 1.29 is 9.72 Å². The molecule has 1 heterocycles. The third-order valence-electron chi connectivity index (χ3n) is 3.54. The molecule has 1 aliphatic heterocycles. The Morgan fingerprint density at radius 3 is 2.57 bits per heavy atom. The number of aryl methyl sites for hydroxylation is 1. The number of aliphatic imine (C=N–C) groups is 1. The molecule has 0 spiro atoms. The number of nitro benzene ring substituents is 1. The molecule has 104 valence electrons. The van der Waals surface area contributed by atoms with E-state index in [4.69, 9.17) is 0 Å². The average molecular weight is 280 g/mol. The van der Waals surface area contributed by atoms with Gasteiger partial charge in [-0.3, -0.25) is 19.9 Å². The SMILES string of the molecule is Cc1ccc(C2=NCC(=O)c3ccccc32)cc1[N+](=O)[O-]. The molecule has 0 saturated carbocycles. The Bertz CT molecular complexity index is 794. The number of benzene rings is 2. The third-order valence-corrected chi connectivity index (χ3v) is 3.54. The molecule has 0 unspecified atom stereocenters. The van der Waals surface area contributed by atoms with Crippen molar-refractivity contribution >= 4 is 17.2 Å². The summed E-state index contributed by atoms with van der Waals surface area (Å²) in [5.41, 5.74) is 3.30. The predicted octanol–water partition coefficient (Wildman–Crippen LogP) is 2.94. The zero-order valence-corrected chi connectivity index (χ0v) is 11.4. The fraction of sp³-hybridized carbons (Fsp3) is 0.125. The number of rotatable bonds is 2. The van der Waals surface area contributed by atoms with E-state index in [1.807, 2.05) is 12.1 Å². The summed E-state index contributed by atoms with van der Waals surface area (Å²) in [5.74, 6) is -0.0315. The van der Waals surface area contributed by atoms with E-state index in [0.29, 0.717) is 22.4 Å². The second-order valence-electron chi connectivity index (χ2n) is 4.89. The van der Waals surface area contributed by atoms with Gasteiger partial charge in [-0.05, 0) is 6.92 Å². The number of fused-ring (bicyclic) bond motifs is 1. The Morgan fingerprint density at radius 2 is 1.86 bits per heavy atom. The fourth-order valence-electron chi connectivity index (χ4n) is 2.45. The van der Waals surface area contributed by atoms with Crippen LogP contribution < -0.4 is 0 Å². The number of nitrogens with zero attached hydrogens (tertiary/aromatic N) is 2. The second kappa shape index (κ2) is 4.94. The van der Waals surface area contributed by atoms with E-state index in [9.17, 15) is 14.9 Å². The first-order valence-corrected chi connectivity index (χ1v) is 6.50. The minimum absolute atomic E-state index is 0.0315. The summed E-state index contributed by atoms with van der Waals surface area (Å²) in [5, 5.41) is 11.1. The highest BCUT2D eigenvalue weighted by molar-refractivity contribution is 6.21. The van der Waals surface area contributed by atoms with Crippen LogP contribution >= 0.6 is 0 Å². The van der Waals surface area contributed by atoms with Gasteiger partial charge in [0.05, 0.1) is 10.6 Å². The van der Waals surface area contributed by atoms with Crippen LogP contribution in [-0.2, 0) is 0 Å². The molecule has 0 bridgehead atoms. The lowest BCUT2D eigenvalue weighted by Gasteiger charge is -2.16. The van der Waals surface area contributed by atoms with Crippen molar-refractivity contribution in [1.82, 2.24) is 0 Å². The maximum Gasteiger partial charge on any atom is 0.272 e. The molecule has 0 saturated heterocycles. The maximum absolute atomic E-state index is 11.9. The van der Waals surface area contributed by atoms with Crippen molar-refractivity contribution in [1.29, 1.82) is 0 Å². The molecule has 2 aromatic rings. The minimum atomic E-state index is -0.403. The van der Waals surface area contributed by atoms with Gasteiger partial charge in [0.15, 0.2) is 5.78 Å². The van der Waals surface area contributed by atoms with Crippen molar-refractivity contribution in [3.05, 3.63) is 74.8 Å². The number of ketones is 1. The van der Waals surface area contributed by atoms with Crippen LogP contribution in [-0.4, -0.2) is 23.0 Å². The Balaban J connectivity index is 2.16. The van der Waals surface area contributed by atoms with Crippen LogP contribution in [0.4, 0.5) is 5.69 Å². The normalized spacial score (nSPS) is 13.6. The molecule has 0 aliphatic carbocycles. The van der Waals surface area contributed by atoms with Crippen LogP contribution in [0.3, 0.4) is 0 Å². The Kier molecular flexibility index (Phi) is 3.10. The van der Waals surface area contributed by atoms with E-state index < -0.39 is 4.92 Å². The molecule has 3 rings (SSSR count). The fourth-order valence-corrected chi connectivity index (χ4v) is 2.45. The number of hydrogen-bond donors (Lipinski definition) is 0. The van der Waals surface area contributed by atoms with Crippen LogP contribution in [0.2, 0.25) is 0 Å². The standard InChI is InChI=1S/C16H12N2O3/c1-10-6-7-11(8-14(10)18(20)21)16-13-5-3-2-4-12(13)15(19)9-17-16/h2-8H,9H2,1H3. The number of nitro groups is 1. The number of carbonyl (C=O) groups excluding carboxylic acids is 1. The van der Waals surface area contributed by atoms with Gasteiger partial charge in [0.25, 0.3) is 5.69 Å². The van der Waals surface area contributed by atoms with E-state index >= 15 is 0 Å². The minimum Gasteiger partial charge on any atom is -0.292 e. The molecule has 0 aromatic heterocycles. The third kappa shape index (κ3) is 2.23. The van der Waals surface area contributed by atoms with Gasteiger partial charge in [-0.15, -0.1) is 0 Å². The monoisotopic (exact) mass is 280 g/mol. The Morgan fingerprint density at radius 1 is 1.14 bits per heavy atom. The maximum atomic E-state index is 11.9. The molecule has 0 radical (unpaired) electrons. The lowest BCUT2D eigenvalue weighted by Crippen LogP contribution is -2.19. The molecule has 0 N–H and O–H groups in total. The van der Waals surface area contributed by atoms with Gasteiger partial charge in [0, 0.05) is 28.3 Å². The molecule has 5 heteroatoms. The lowest BCUT2D eigenvalue weighted by atomic mass is 9.92.